The van der Waals surface area contributed by atoms with Gasteiger partial charge in [-0.25, -0.2) is 19.9 Å². The van der Waals surface area contributed by atoms with Gasteiger partial charge in [0.15, 0.2) is 5.52 Å². The fourth-order valence-corrected chi connectivity index (χ4v) is 0.962. The lowest BCUT2D eigenvalue weighted by atomic mass is 10.4. The van der Waals surface area contributed by atoms with Crippen molar-refractivity contribution in [3.63, 3.8) is 0 Å². The van der Waals surface area contributed by atoms with Crippen LogP contribution >= 0.6 is 0 Å². The predicted octanol–water partition coefficient (Wildman–Crippen LogP) is 0.167. The molecular formula is C7H7N5O. The van der Waals surface area contributed by atoms with Crippen molar-refractivity contribution in [2.45, 2.75) is 0 Å². The summed E-state index contributed by atoms with van der Waals surface area (Å²) in [5.74, 6) is 0.293. The van der Waals surface area contributed by atoms with Crippen LogP contribution in [0.25, 0.3) is 11.0 Å². The fourth-order valence-electron chi connectivity index (χ4n) is 0.962. The van der Waals surface area contributed by atoms with E-state index < -0.39 is 0 Å². The maximum Gasteiger partial charge on any atom is 0.241 e. The summed E-state index contributed by atoms with van der Waals surface area (Å²) in [6.07, 6.45) is 2.79. The number of nitrogens with zero attached hydrogens (tertiary/aromatic N) is 4. The molecule has 2 heterocycles. The van der Waals surface area contributed by atoms with E-state index in [0.29, 0.717) is 17.0 Å². The third kappa shape index (κ3) is 1.22. The minimum atomic E-state index is -0.135. The molecule has 0 saturated heterocycles. The molecule has 6 heteroatoms. The van der Waals surface area contributed by atoms with Crippen molar-refractivity contribution in [3.05, 3.63) is 12.5 Å². The Bertz CT molecular complexity index is 444. The van der Waals surface area contributed by atoms with Gasteiger partial charge < -0.3 is 10.4 Å². The number of nitrogens with one attached hydrogen (secondary N) is 1. The molecule has 0 amide bonds. The van der Waals surface area contributed by atoms with Crippen molar-refractivity contribution in [2.24, 2.45) is 0 Å². The predicted molar refractivity (Wildman–Crippen MR) is 46.3 cm³/mol. The Balaban J connectivity index is 2.74. The van der Waals surface area contributed by atoms with Gasteiger partial charge in [-0.2, -0.15) is 0 Å². The molecule has 0 radical (unpaired) electrons. The largest absolute Gasteiger partial charge is 0.492 e. The highest BCUT2D eigenvalue weighted by molar-refractivity contribution is 5.78. The van der Waals surface area contributed by atoms with E-state index >= 15 is 0 Å². The number of aromatic hydroxyl groups is 1. The van der Waals surface area contributed by atoms with E-state index in [1.54, 1.807) is 7.05 Å². The molecule has 2 N–H and O–H groups in total. The van der Waals surface area contributed by atoms with Gasteiger partial charge >= 0.3 is 0 Å². The Kier molecular flexibility index (Phi) is 1.66. The molecule has 0 spiro atoms. The maximum atomic E-state index is 9.32. The average molecular weight is 177 g/mol. The first kappa shape index (κ1) is 7.66. The number of anilines is 1. The van der Waals surface area contributed by atoms with Crippen molar-refractivity contribution >= 4 is 17.0 Å². The standard InChI is InChI=1S/C7H7N5O/c1-8-7-9-2-4-5(12-7)6(13)11-3-10-4/h2-3H,1H3,(H,8,9,12)(H,10,11,13). The lowest BCUT2D eigenvalue weighted by molar-refractivity contribution is 0.458. The Hall–Kier alpha value is -1.98. The van der Waals surface area contributed by atoms with Gasteiger partial charge in [-0.1, -0.05) is 0 Å². The van der Waals surface area contributed by atoms with Crippen molar-refractivity contribution in [1.82, 2.24) is 19.9 Å². The zero-order chi connectivity index (χ0) is 9.26. The van der Waals surface area contributed by atoms with Gasteiger partial charge in [0.05, 0.1) is 6.20 Å². The van der Waals surface area contributed by atoms with Crippen molar-refractivity contribution in [3.8, 4) is 5.88 Å². The third-order valence-electron chi connectivity index (χ3n) is 1.58. The highest BCUT2D eigenvalue weighted by Gasteiger charge is 2.04. The van der Waals surface area contributed by atoms with Gasteiger partial charge in [0.2, 0.25) is 11.8 Å². The van der Waals surface area contributed by atoms with Crippen molar-refractivity contribution in [1.29, 1.82) is 0 Å². The summed E-state index contributed by atoms with van der Waals surface area (Å²) in [5.41, 5.74) is 0.869. The summed E-state index contributed by atoms with van der Waals surface area (Å²) in [5, 5.41) is 12.1. The van der Waals surface area contributed by atoms with Crippen LogP contribution in [0.1, 0.15) is 0 Å². The van der Waals surface area contributed by atoms with E-state index in [9.17, 15) is 5.11 Å². The molecule has 0 saturated carbocycles. The highest BCUT2D eigenvalue weighted by atomic mass is 16.3. The molecule has 2 rings (SSSR count). The zero-order valence-electron chi connectivity index (χ0n) is 6.89. The van der Waals surface area contributed by atoms with Crippen LogP contribution in [-0.2, 0) is 0 Å². The lowest BCUT2D eigenvalue weighted by Crippen LogP contribution is -1.97. The Morgan fingerprint density at radius 3 is 2.92 bits per heavy atom. The van der Waals surface area contributed by atoms with Gasteiger partial charge in [-0.3, -0.25) is 0 Å². The Morgan fingerprint density at radius 2 is 2.15 bits per heavy atom. The van der Waals surface area contributed by atoms with E-state index in [1.807, 2.05) is 0 Å². The maximum absolute atomic E-state index is 9.32. The van der Waals surface area contributed by atoms with Crippen LogP contribution in [0.3, 0.4) is 0 Å². The Labute approximate surface area is 73.7 Å². The quantitative estimate of drug-likeness (QED) is 0.645. The summed E-state index contributed by atoms with van der Waals surface area (Å²) in [6, 6.07) is 0. The van der Waals surface area contributed by atoms with E-state index in [-0.39, 0.29) is 5.88 Å². The molecule has 0 fully saturated rings. The van der Waals surface area contributed by atoms with Gasteiger partial charge in [-0.15, -0.1) is 0 Å². The second kappa shape index (κ2) is 2.81. The van der Waals surface area contributed by atoms with Crippen molar-refractivity contribution in [2.75, 3.05) is 12.4 Å². The van der Waals surface area contributed by atoms with E-state index in [4.69, 9.17) is 0 Å². The van der Waals surface area contributed by atoms with E-state index in [1.165, 1.54) is 12.5 Å². The zero-order valence-corrected chi connectivity index (χ0v) is 6.89. The molecule has 0 aromatic carbocycles. The molecule has 2 aromatic heterocycles. The van der Waals surface area contributed by atoms with Crippen LogP contribution in [0, 0.1) is 0 Å². The molecule has 0 aliphatic rings. The average Bonchev–Trinajstić information content (AvgIpc) is 2.18. The second-order valence-electron chi connectivity index (χ2n) is 2.37. The van der Waals surface area contributed by atoms with Crippen LogP contribution in [-0.4, -0.2) is 32.1 Å². The molecule has 0 unspecified atom stereocenters. The first-order valence-electron chi connectivity index (χ1n) is 3.65. The number of aromatic nitrogens is 4. The topological polar surface area (TPSA) is 83.8 Å². The van der Waals surface area contributed by atoms with Gasteiger partial charge in [0.25, 0.3) is 0 Å². The van der Waals surface area contributed by atoms with Crippen LogP contribution in [0.4, 0.5) is 5.95 Å². The first-order chi connectivity index (χ1) is 6.31. The molecule has 0 atom stereocenters. The Morgan fingerprint density at radius 1 is 1.31 bits per heavy atom. The summed E-state index contributed by atoms with van der Waals surface area (Å²) >= 11 is 0. The smallest absolute Gasteiger partial charge is 0.241 e. The van der Waals surface area contributed by atoms with E-state index in [2.05, 4.69) is 25.3 Å². The summed E-state index contributed by atoms with van der Waals surface area (Å²) in [4.78, 5) is 15.4. The van der Waals surface area contributed by atoms with Gasteiger partial charge in [-0.05, 0) is 0 Å². The fraction of sp³-hybridized carbons (Fsp3) is 0.143. The summed E-state index contributed by atoms with van der Waals surface area (Å²) in [6.45, 7) is 0. The van der Waals surface area contributed by atoms with Gasteiger partial charge in [0.1, 0.15) is 11.8 Å². The van der Waals surface area contributed by atoms with Crippen LogP contribution in [0.2, 0.25) is 0 Å². The molecule has 0 aliphatic heterocycles. The lowest BCUT2D eigenvalue weighted by Gasteiger charge is -2.00. The first-order valence-corrected chi connectivity index (χ1v) is 3.65. The van der Waals surface area contributed by atoms with Crippen molar-refractivity contribution < 1.29 is 5.11 Å². The third-order valence-corrected chi connectivity index (χ3v) is 1.58. The number of fused-ring (bicyclic) bond motifs is 1. The number of hydrogen-bond acceptors (Lipinski definition) is 6. The molecule has 13 heavy (non-hydrogen) atoms. The van der Waals surface area contributed by atoms with Crippen LogP contribution in [0.15, 0.2) is 12.5 Å². The monoisotopic (exact) mass is 177 g/mol. The van der Waals surface area contributed by atoms with Crippen LogP contribution in [0.5, 0.6) is 5.88 Å². The minimum absolute atomic E-state index is 0.135. The number of rotatable bonds is 1. The van der Waals surface area contributed by atoms with E-state index in [0.717, 1.165) is 0 Å². The van der Waals surface area contributed by atoms with Crippen LogP contribution < -0.4 is 5.32 Å². The summed E-state index contributed by atoms with van der Waals surface area (Å²) in [7, 11) is 1.70. The molecule has 6 nitrogen and oxygen atoms in total. The van der Waals surface area contributed by atoms with Gasteiger partial charge in [0, 0.05) is 7.05 Å². The molecule has 66 valence electrons. The molecule has 0 aliphatic carbocycles. The summed E-state index contributed by atoms with van der Waals surface area (Å²) < 4.78 is 0. The second-order valence-corrected chi connectivity index (χ2v) is 2.37. The SMILES string of the molecule is CNc1ncc2ncnc(O)c2n1. The highest BCUT2D eigenvalue weighted by Crippen LogP contribution is 2.16. The molecular weight excluding hydrogens is 170 g/mol. The minimum Gasteiger partial charge on any atom is -0.492 e. The molecule has 0 bridgehead atoms. The molecule has 2 aromatic rings. The normalized spacial score (nSPS) is 10.2. The number of hydrogen-bond donors (Lipinski definition) is 2.